The van der Waals surface area contributed by atoms with Crippen molar-refractivity contribution in [2.75, 3.05) is 5.32 Å². The van der Waals surface area contributed by atoms with E-state index in [9.17, 15) is 10.1 Å². The van der Waals surface area contributed by atoms with Crippen molar-refractivity contribution in [3.63, 3.8) is 0 Å². The van der Waals surface area contributed by atoms with Crippen molar-refractivity contribution in [3.05, 3.63) is 50.0 Å². The van der Waals surface area contributed by atoms with E-state index >= 15 is 0 Å². The Kier molecular flexibility index (Phi) is 3.73. The highest BCUT2D eigenvalue weighted by Crippen LogP contribution is 2.26. The number of hydrogen-bond acceptors (Lipinski definition) is 6. The number of benzene rings is 1. The van der Waals surface area contributed by atoms with Crippen molar-refractivity contribution < 1.29 is 4.92 Å². The van der Waals surface area contributed by atoms with E-state index in [4.69, 9.17) is 5.26 Å². The molecule has 1 aromatic carbocycles. The Balaban J connectivity index is 2.22. The average Bonchev–Trinajstić information content (AvgIpc) is 2.81. The number of rotatable bonds is 4. The Morgan fingerprint density at radius 3 is 2.95 bits per heavy atom. The summed E-state index contributed by atoms with van der Waals surface area (Å²) in [6, 6.07) is 6.19. The van der Waals surface area contributed by atoms with Gasteiger partial charge in [0.05, 0.1) is 23.1 Å². The monoisotopic (exact) mass is 274 g/mol. The van der Waals surface area contributed by atoms with E-state index in [0.717, 1.165) is 9.88 Å². The molecule has 1 N–H and O–H groups in total. The first-order valence-electron chi connectivity index (χ1n) is 5.44. The summed E-state index contributed by atoms with van der Waals surface area (Å²) in [5.41, 5.74) is 0.660. The summed E-state index contributed by atoms with van der Waals surface area (Å²) >= 11 is 1.52. The molecule has 0 saturated heterocycles. The standard InChI is InChI=1S/C12H10N4O2S/c1-8-6-15-12(19-8)7-14-10-4-9(5-13)2-3-11(10)16(17)18/h2-4,6,14H,7H2,1H3. The molecule has 0 atom stereocenters. The van der Waals surface area contributed by atoms with Gasteiger partial charge < -0.3 is 5.32 Å². The first-order chi connectivity index (χ1) is 9.10. The molecular weight excluding hydrogens is 264 g/mol. The second kappa shape index (κ2) is 5.46. The summed E-state index contributed by atoms with van der Waals surface area (Å²) < 4.78 is 0. The number of nitro groups is 1. The second-order valence-corrected chi connectivity index (χ2v) is 5.14. The van der Waals surface area contributed by atoms with Crippen molar-refractivity contribution in [1.82, 2.24) is 4.98 Å². The van der Waals surface area contributed by atoms with Crippen LogP contribution < -0.4 is 5.32 Å². The third kappa shape index (κ3) is 3.05. The maximum absolute atomic E-state index is 10.9. The van der Waals surface area contributed by atoms with Crippen LogP contribution in [0.25, 0.3) is 0 Å². The van der Waals surface area contributed by atoms with Gasteiger partial charge in [-0.05, 0) is 19.1 Å². The Bertz CT molecular complexity index is 660. The zero-order valence-electron chi connectivity index (χ0n) is 10.1. The van der Waals surface area contributed by atoms with Crippen LogP contribution in [0.4, 0.5) is 11.4 Å². The van der Waals surface area contributed by atoms with Gasteiger partial charge in [-0.2, -0.15) is 5.26 Å². The summed E-state index contributed by atoms with van der Waals surface area (Å²) in [5, 5.41) is 23.5. The molecule has 19 heavy (non-hydrogen) atoms. The summed E-state index contributed by atoms with van der Waals surface area (Å²) in [4.78, 5) is 15.7. The highest BCUT2D eigenvalue weighted by molar-refractivity contribution is 7.11. The maximum atomic E-state index is 10.9. The molecule has 96 valence electrons. The average molecular weight is 274 g/mol. The molecule has 0 spiro atoms. The van der Waals surface area contributed by atoms with Gasteiger partial charge in [0.1, 0.15) is 10.7 Å². The van der Waals surface area contributed by atoms with Crippen molar-refractivity contribution in [2.24, 2.45) is 0 Å². The molecule has 0 saturated carbocycles. The van der Waals surface area contributed by atoms with Gasteiger partial charge in [-0.1, -0.05) is 0 Å². The summed E-state index contributed by atoms with van der Waals surface area (Å²) in [6.07, 6.45) is 1.75. The lowest BCUT2D eigenvalue weighted by Gasteiger charge is -2.05. The van der Waals surface area contributed by atoms with Gasteiger partial charge in [-0.3, -0.25) is 10.1 Å². The first-order valence-corrected chi connectivity index (χ1v) is 6.25. The minimum absolute atomic E-state index is 0.0488. The normalized spacial score (nSPS) is 9.89. The molecule has 0 amide bonds. The molecule has 0 aliphatic rings. The molecule has 0 unspecified atom stereocenters. The fourth-order valence-electron chi connectivity index (χ4n) is 1.56. The third-order valence-corrected chi connectivity index (χ3v) is 3.33. The van der Waals surface area contributed by atoms with E-state index < -0.39 is 4.92 Å². The predicted octanol–water partition coefficient (Wildman–Crippen LogP) is 2.84. The van der Waals surface area contributed by atoms with E-state index in [-0.39, 0.29) is 5.69 Å². The molecule has 2 aromatic rings. The largest absolute Gasteiger partial charge is 0.373 e. The molecule has 0 aliphatic heterocycles. The summed E-state index contributed by atoms with van der Waals surface area (Å²) in [5.74, 6) is 0. The van der Waals surface area contributed by atoms with Gasteiger partial charge >= 0.3 is 0 Å². The Labute approximate surface area is 113 Å². The topological polar surface area (TPSA) is 91.8 Å². The second-order valence-electron chi connectivity index (χ2n) is 3.82. The molecule has 7 heteroatoms. The van der Waals surface area contributed by atoms with Crippen LogP contribution >= 0.6 is 11.3 Å². The molecule has 0 aliphatic carbocycles. The third-order valence-electron chi connectivity index (χ3n) is 2.42. The Morgan fingerprint density at radius 2 is 2.37 bits per heavy atom. The fraction of sp³-hybridized carbons (Fsp3) is 0.167. The molecule has 0 bridgehead atoms. The summed E-state index contributed by atoms with van der Waals surface area (Å²) in [6.45, 7) is 2.34. The Morgan fingerprint density at radius 1 is 1.58 bits per heavy atom. The lowest BCUT2D eigenvalue weighted by molar-refractivity contribution is -0.384. The molecule has 0 radical (unpaired) electrons. The number of nitrogens with zero attached hydrogens (tertiary/aromatic N) is 3. The predicted molar refractivity (Wildman–Crippen MR) is 72.0 cm³/mol. The van der Waals surface area contributed by atoms with Crippen LogP contribution in [0.5, 0.6) is 0 Å². The molecule has 0 fully saturated rings. The van der Waals surface area contributed by atoms with Crippen LogP contribution in [0.1, 0.15) is 15.4 Å². The molecule has 1 heterocycles. The van der Waals surface area contributed by atoms with Crippen LogP contribution in [0, 0.1) is 28.4 Å². The first kappa shape index (κ1) is 13.0. The van der Waals surface area contributed by atoms with Crippen molar-refractivity contribution in [2.45, 2.75) is 13.5 Å². The van der Waals surface area contributed by atoms with Gasteiger partial charge in [0.25, 0.3) is 5.69 Å². The number of aromatic nitrogens is 1. The van der Waals surface area contributed by atoms with Crippen molar-refractivity contribution >= 4 is 22.7 Å². The number of nitrogens with one attached hydrogen (secondary N) is 1. The maximum Gasteiger partial charge on any atom is 0.292 e. The molecule has 1 aromatic heterocycles. The number of nitriles is 1. The number of hydrogen-bond donors (Lipinski definition) is 1. The minimum Gasteiger partial charge on any atom is -0.373 e. The van der Waals surface area contributed by atoms with E-state index in [1.165, 1.54) is 29.5 Å². The number of nitro benzene ring substituents is 1. The van der Waals surface area contributed by atoms with E-state index in [1.807, 2.05) is 13.0 Å². The van der Waals surface area contributed by atoms with E-state index in [2.05, 4.69) is 10.3 Å². The zero-order chi connectivity index (χ0) is 13.8. The van der Waals surface area contributed by atoms with E-state index in [0.29, 0.717) is 17.8 Å². The zero-order valence-corrected chi connectivity index (χ0v) is 10.9. The number of aryl methyl sites for hydroxylation is 1. The van der Waals surface area contributed by atoms with Crippen LogP contribution in [0.3, 0.4) is 0 Å². The molecule has 6 nitrogen and oxygen atoms in total. The van der Waals surface area contributed by atoms with Crippen LogP contribution in [-0.2, 0) is 6.54 Å². The fourth-order valence-corrected chi connectivity index (χ4v) is 2.29. The summed E-state index contributed by atoms with van der Waals surface area (Å²) in [7, 11) is 0. The van der Waals surface area contributed by atoms with Crippen molar-refractivity contribution in [3.8, 4) is 6.07 Å². The van der Waals surface area contributed by atoms with Gasteiger partial charge in [-0.15, -0.1) is 11.3 Å². The smallest absolute Gasteiger partial charge is 0.292 e. The Hall–Kier alpha value is -2.46. The van der Waals surface area contributed by atoms with Crippen LogP contribution in [0.2, 0.25) is 0 Å². The van der Waals surface area contributed by atoms with Crippen LogP contribution in [0.15, 0.2) is 24.4 Å². The number of anilines is 1. The molecule has 2 rings (SSSR count). The van der Waals surface area contributed by atoms with Crippen LogP contribution in [-0.4, -0.2) is 9.91 Å². The highest BCUT2D eigenvalue weighted by atomic mass is 32.1. The minimum atomic E-state index is -0.476. The highest BCUT2D eigenvalue weighted by Gasteiger charge is 2.14. The lowest BCUT2D eigenvalue weighted by atomic mass is 10.2. The van der Waals surface area contributed by atoms with E-state index in [1.54, 1.807) is 6.20 Å². The lowest BCUT2D eigenvalue weighted by Crippen LogP contribution is -2.02. The van der Waals surface area contributed by atoms with Gasteiger partial charge in [0.15, 0.2) is 0 Å². The SMILES string of the molecule is Cc1cnc(CNc2cc(C#N)ccc2[N+](=O)[O-])s1. The molecular formula is C12H10N4O2S. The number of thiazole rings is 1. The van der Waals surface area contributed by atoms with Gasteiger partial charge in [0, 0.05) is 17.1 Å². The van der Waals surface area contributed by atoms with Gasteiger partial charge in [-0.25, -0.2) is 4.98 Å². The van der Waals surface area contributed by atoms with Crippen molar-refractivity contribution in [1.29, 1.82) is 5.26 Å². The quantitative estimate of drug-likeness (QED) is 0.683. The van der Waals surface area contributed by atoms with Gasteiger partial charge in [0.2, 0.25) is 0 Å².